The van der Waals surface area contributed by atoms with Crippen LogP contribution >= 0.6 is 0 Å². The molecule has 0 aromatic heterocycles. The number of carboxylic acid groups (broad SMARTS) is 1. The third-order valence-electron chi connectivity index (χ3n) is 2.15. The Morgan fingerprint density at radius 1 is 1.40 bits per heavy atom. The van der Waals surface area contributed by atoms with Crippen molar-refractivity contribution in [2.24, 2.45) is 0 Å². The molecule has 0 aliphatic carbocycles. The van der Waals surface area contributed by atoms with Crippen LogP contribution < -0.4 is 0 Å². The van der Waals surface area contributed by atoms with Gasteiger partial charge in [-0.1, -0.05) is 0 Å². The highest BCUT2D eigenvalue weighted by atomic mass is 16.6. The highest BCUT2D eigenvalue weighted by Crippen LogP contribution is 2.17. The average molecular weight is 218 g/mol. The predicted octanol–water partition coefficient (Wildman–Crippen LogP) is -0.456. The first kappa shape index (κ1) is 11.9. The third kappa shape index (κ3) is 3.85. The topological polar surface area (TPSA) is 93.1 Å². The summed E-state index contributed by atoms with van der Waals surface area (Å²) in [5, 5.41) is 17.2. The summed E-state index contributed by atoms with van der Waals surface area (Å²) in [5.74, 6) is -1.60. The standard InChI is InChI=1S/C9H14O6/c10-5-7-6(3-4-14-7)15-9(13)2-1-8(11)12/h6-7,10H,1-5H2,(H,11,12)/t6-,7+/m0/s1. The number of aliphatic carboxylic acids is 1. The van der Waals surface area contributed by atoms with Gasteiger partial charge in [-0.25, -0.2) is 0 Å². The van der Waals surface area contributed by atoms with Crippen LogP contribution in [0.25, 0.3) is 0 Å². The first-order chi connectivity index (χ1) is 7.13. The molecule has 1 rings (SSSR count). The molecule has 6 heteroatoms. The van der Waals surface area contributed by atoms with Crippen molar-refractivity contribution in [3.05, 3.63) is 0 Å². The first-order valence-electron chi connectivity index (χ1n) is 4.77. The van der Waals surface area contributed by atoms with Crippen molar-refractivity contribution in [2.45, 2.75) is 31.5 Å². The minimum Gasteiger partial charge on any atom is -0.481 e. The summed E-state index contributed by atoms with van der Waals surface area (Å²) in [6.45, 7) is 0.249. The van der Waals surface area contributed by atoms with E-state index < -0.39 is 24.1 Å². The number of aliphatic hydroxyl groups is 1. The van der Waals surface area contributed by atoms with Crippen LogP contribution in [0.1, 0.15) is 19.3 Å². The lowest BCUT2D eigenvalue weighted by molar-refractivity contribution is -0.155. The van der Waals surface area contributed by atoms with Crippen molar-refractivity contribution in [1.82, 2.24) is 0 Å². The number of rotatable bonds is 5. The van der Waals surface area contributed by atoms with E-state index in [1.54, 1.807) is 0 Å². The lowest BCUT2D eigenvalue weighted by Crippen LogP contribution is -2.30. The van der Waals surface area contributed by atoms with Crippen LogP contribution in [0.4, 0.5) is 0 Å². The fourth-order valence-electron chi connectivity index (χ4n) is 1.37. The minimum atomic E-state index is -1.03. The quantitative estimate of drug-likeness (QED) is 0.607. The Balaban J connectivity index is 2.27. The maximum Gasteiger partial charge on any atom is 0.306 e. The molecule has 2 atom stereocenters. The van der Waals surface area contributed by atoms with Gasteiger partial charge in [-0.2, -0.15) is 0 Å². The third-order valence-corrected chi connectivity index (χ3v) is 2.15. The van der Waals surface area contributed by atoms with E-state index in [-0.39, 0.29) is 19.4 Å². The number of hydrogen-bond donors (Lipinski definition) is 2. The molecule has 1 fully saturated rings. The number of carbonyl (C=O) groups excluding carboxylic acids is 1. The van der Waals surface area contributed by atoms with E-state index in [4.69, 9.17) is 19.7 Å². The van der Waals surface area contributed by atoms with Crippen molar-refractivity contribution in [3.8, 4) is 0 Å². The summed E-state index contributed by atoms with van der Waals surface area (Å²) in [7, 11) is 0. The highest BCUT2D eigenvalue weighted by molar-refractivity contribution is 5.76. The Hall–Kier alpha value is -1.14. The summed E-state index contributed by atoms with van der Waals surface area (Å²) >= 11 is 0. The van der Waals surface area contributed by atoms with Gasteiger partial charge in [0.25, 0.3) is 0 Å². The molecule has 2 N–H and O–H groups in total. The summed E-state index contributed by atoms with van der Waals surface area (Å²) in [4.78, 5) is 21.3. The van der Waals surface area contributed by atoms with Gasteiger partial charge in [0.15, 0.2) is 0 Å². The zero-order valence-corrected chi connectivity index (χ0v) is 8.22. The van der Waals surface area contributed by atoms with Crippen molar-refractivity contribution in [3.63, 3.8) is 0 Å². The molecule has 6 nitrogen and oxygen atoms in total. The molecular weight excluding hydrogens is 204 g/mol. The molecule has 1 saturated heterocycles. The Morgan fingerprint density at radius 3 is 2.73 bits per heavy atom. The van der Waals surface area contributed by atoms with E-state index in [0.29, 0.717) is 13.0 Å². The zero-order chi connectivity index (χ0) is 11.3. The van der Waals surface area contributed by atoms with Gasteiger partial charge in [-0.15, -0.1) is 0 Å². The number of carbonyl (C=O) groups is 2. The fraction of sp³-hybridized carbons (Fsp3) is 0.778. The first-order valence-corrected chi connectivity index (χ1v) is 4.77. The molecule has 0 aromatic rings. The van der Waals surface area contributed by atoms with Gasteiger partial charge >= 0.3 is 11.9 Å². The number of carboxylic acids is 1. The second-order valence-electron chi connectivity index (χ2n) is 3.30. The molecule has 86 valence electrons. The van der Waals surface area contributed by atoms with E-state index in [0.717, 1.165) is 0 Å². The highest BCUT2D eigenvalue weighted by Gasteiger charge is 2.30. The monoisotopic (exact) mass is 218 g/mol. The number of ether oxygens (including phenoxy) is 2. The summed E-state index contributed by atoms with van der Waals surface area (Å²) in [5.41, 5.74) is 0. The minimum absolute atomic E-state index is 0.149. The van der Waals surface area contributed by atoms with Crippen LogP contribution in [0.15, 0.2) is 0 Å². The fourth-order valence-corrected chi connectivity index (χ4v) is 1.37. The molecule has 1 aliphatic rings. The summed E-state index contributed by atoms with van der Waals surface area (Å²) in [6, 6.07) is 0. The van der Waals surface area contributed by atoms with E-state index in [1.807, 2.05) is 0 Å². The maximum atomic E-state index is 11.1. The molecule has 1 heterocycles. The largest absolute Gasteiger partial charge is 0.481 e. The van der Waals surface area contributed by atoms with Gasteiger partial charge in [0.1, 0.15) is 12.2 Å². The number of aliphatic hydroxyl groups excluding tert-OH is 1. The zero-order valence-electron chi connectivity index (χ0n) is 8.22. The second kappa shape index (κ2) is 5.67. The van der Waals surface area contributed by atoms with Gasteiger partial charge in [0.2, 0.25) is 0 Å². The molecule has 0 radical (unpaired) electrons. The molecule has 15 heavy (non-hydrogen) atoms. The predicted molar refractivity (Wildman–Crippen MR) is 48.2 cm³/mol. The van der Waals surface area contributed by atoms with Crippen molar-refractivity contribution in [2.75, 3.05) is 13.2 Å². The van der Waals surface area contributed by atoms with Crippen molar-refractivity contribution >= 4 is 11.9 Å². The summed E-state index contributed by atoms with van der Waals surface area (Å²) < 4.78 is 10.1. The molecule has 1 aliphatic heterocycles. The van der Waals surface area contributed by atoms with Gasteiger partial charge in [-0.05, 0) is 0 Å². The van der Waals surface area contributed by atoms with Gasteiger partial charge < -0.3 is 19.7 Å². The molecule has 0 saturated carbocycles. The van der Waals surface area contributed by atoms with Gasteiger partial charge in [0.05, 0.1) is 26.1 Å². The van der Waals surface area contributed by atoms with Gasteiger partial charge in [0, 0.05) is 6.42 Å². The smallest absolute Gasteiger partial charge is 0.306 e. The Kier molecular flexibility index (Phi) is 4.51. The Morgan fingerprint density at radius 2 is 2.13 bits per heavy atom. The van der Waals surface area contributed by atoms with E-state index >= 15 is 0 Å². The molecule has 0 amide bonds. The van der Waals surface area contributed by atoms with Crippen LogP contribution in [0.3, 0.4) is 0 Å². The summed E-state index contributed by atoms with van der Waals surface area (Å²) in [6.07, 6.45) is -0.764. The Bertz CT molecular complexity index is 239. The van der Waals surface area contributed by atoms with E-state index in [2.05, 4.69) is 0 Å². The molecular formula is C9H14O6. The lowest BCUT2D eigenvalue weighted by atomic mass is 10.2. The SMILES string of the molecule is O=C(O)CCC(=O)O[C@H]1CCO[C@@H]1CO. The van der Waals surface area contributed by atoms with E-state index in [1.165, 1.54) is 0 Å². The molecule has 0 aromatic carbocycles. The van der Waals surface area contributed by atoms with Crippen LogP contribution in [-0.2, 0) is 19.1 Å². The van der Waals surface area contributed by atoms with Gasteiger partial charge in [-0.3, -0.25) is 9.59 Å². The van der Waals surface area contributed by atoms with Crippen LogP contribution in [0.2, 0.25) is 0 Å². The number of esters is 1. The Labute approximate surface area is 86.8 Å². The van der Waals surface area contributed by atoms with Crippen molar-refractivity contribution < 1.29 is 29.3 Å². The average Bonchev–Trinajstić information content (AvgIpc) is 2.62. The normalized spacial score (nSPS) is 25.1. The second-order valence-corrected chi connectivity index (χ2v) is 3.30. The molecule has 0 unspecified atom stereocenters. The lowest BCUT2D eigenvalue weighted by Gasteiger charge is -2.16. The molecule has 0 spiro atoms. The van der Waals surface area contributed by atoms with Crippen LogP contribution in [0.5, 0.6) is 0 Å². The maximum absolute atomic E-state index is 11.1. The molecule has 0 bridgehead atoms. The van der Waals surface area contributed by atoms with Crippen LogP contribution in [-0.4, -0.2) is 47.6 Å². The number of hydrogen-bond acceptors (Lipinski definition) is 5. The van der Waals surface area contributed by atoms with Crippen LogP contribution in [0, 0.1) is 0 Å². The van der Waals surface area contributed by atoms with Crippen molar-refractivity contribution in [1.29, 1.82) is 0 Å². The van der Waals surface area contributed by atoms with E-state index in [9.17, 15) is 9.59 Å².